The fourth-order valence-electron chi connectivity index (χ4n) is 5.31. The van der Waals surface area contributed by atoms with Crippen molar-refractivity contribution < 1.29 is 4.79 Å². The maximum absolute atomic E-state index is 13.7. The van der Waals surface area contributed by atoms with E-state index in [9.17, 15) is 4.79 Å². The number of aryl methyl sites for hydroxylation is 2. The van der Waals surface area contributed by atoms with Crippen LogP contribution in [-0.2, 0) is 4.79 Å². The molecule has 0 radical (unpaired) electrons. The molecule has 168 valence electrons. The Balaban J connectivity index is 1.30. The van der Waals surface area contributed by atoms with E-state index in [0.29, 0.717) is 17.8 Å². The summed E-state index contributed by atoms with van der Waals surface area (Å²) in [5, 5.41) is 10.5. The van der Waals surface area contributed by atoms with Crippen molar-refractivity contribution in [3.63, 3.8) is 0 Å². The highest BCUT2D eigenvalue weighted by molar-refractivity contribution is 5.96. The van der Waals surface area contributed by atoms with E-state index in [1.54, 1.807) is 12.4 Å². The Kier molecular flexibility index (Phi) is 4.78. The van der Waals surface area contributed by atoms with E-state index in [4.69, 9.17) is 4.98 Å². The lowest BCUT2D eigenvalue weighted by atomic mass is 9.82. The van der Waals surface area contributed by atoms with Gasteiger partial charge in [0, 0.05) is 23.1 Å². The van der Waals surface area contributed by atoms with Crippen LogP contribution < -0.4 is 5.32 Å². The van der Waals surface area contributed by atoms with E-state index in [1.165, 1.54) is 25.7 Å². The van der Waals surface area contributed by atoms with Crippen LogP contribution in [0.3, 0.4) is 0 Å². The van der Waals surface area contributed by atoms with E-state index in [2.05, 4.69) is 25.5 Å². The first kappa shape index (κ1) is 20.1. The number of rotatable bonds is 7. The molecular weight excluding hydrogens is 412 g/mol. The summed E-state index contributed by atoms with van der Waals surface area (Å²) in [7, 11) is 0. The minimum absolute atomic E-state index is 0.0224. The van der Waals surface area contributed by atoms with Crippen molar-refractivity contribution in [2.45, 2.75) is 45.4 Å². The number of benzene rings is 1. The number of aromatic amines is 2. The maximum atomic E-state index is 13.7. The number of hydrogen-bond donors (Lipinski definition) is 3. The largest absolute Gasteiger partial charge is 0.340 e. The zero-order valence-corrected chi connectivity index (χ0v) is 18.9. The van der Waals surface area contributed by atoms with Gasteiger partial charge in [0.15, 0.2) is 0 Å². The quantitative estimate of drug-likeness (QED) is 0.371. The molecule has 1 unspecified atom stereocenters. The average Bonchev–Trinajstić information content (AvgIpc) is 3.74. The number of pyridine rings is 1. The number of H-pyrrole nitrogens is 2. The molecule has 2 aliphatic carbocycles. The number of hydrogen-bond acceptors (Lipinski definition) is 4. The number of anilines is 1. The third-order valence-electron chi connectivity index (χ3n) is 7.17. The molecule has 2 aliphatic rings. The predicted molar refractivity (Wildman–Crippen MR) is 128 cm³/mol. The van der Waals surface area contributed by atoms with Crippen molar-refractivity contribution in [1.29, 1.82) is 0 Å². The molecule has 1 atom stereocenters. The molecule has 7 nitrogen and oxygen atoms in total. The van der Waals surface area contributed by atoms with Gasteiger partial charge in [-0.1, -0.05) is 12.1 Å². The highest BCUT2D eigenvalue weighted by Gasteiger charge is 2.49. The molecule has 2 saturated carbocycles. The van der Waals surface area contributed by atoms with Crippen molar-refractivity contribution in [3.05, 3.63) is 59.9 Å². The summed E-state index contributed by atoms with van der Waals surface area (Å²) < 4.78 is 0. The number of imidazole rings is 1. The Morgan fingerprint density at radius 3 is 2.39 bits per heavy atom. The average molecular weight is 441 g/mol. The van der Waals surface area contributed by atoms with Gasteiger partial charge >= 0.3 is 0 Å². The molecule has 6 rings (SSSR count). The summed E-state index contributed by atoms with van der Waals surface area (Å²) in [6.07, 6.45) is 8.38. The van der Waals surface area contributed by atoms with Crippen LogP contribution in [0.2, 0.25) is 0 Å². The van der Waals surface area contributed by atoms with Crippen LogP contribution in [0.4, 0.5) is 5.69 Å². The van der Waals surface area contributed by atoms with Gasteiger partial charge in [0.25, 0.3) is 0 Å². The first-order valence-electron chi connectivity index (χ1n) is 11.8. The second kappa shape index (κ2) is 7.83. The molecule has 3 aromatic heterocycles. The van der Waals surface area contributed by atoms with E-state index in [-0.39, 0.29) is 11.8 Å². The van der Waals surface area contributed by atoms with Gasteiger partial charge in [0.1, 0.15) is 5.82 Å². The van der Waals surface area contributed by atoms with Crippen molar-refractivity contribution in [2.24, 2.45) is 17.8 Å². The lowest BCUT2D eigenvalue weighted by molar-refractivity contribution is -0.119. The Labute approximate surface area is 192 Å². The Hall–Kier alpha value is -3.48. The SMILES string of the molecule is Cc1n[nH]c(C)c1-c1ccc(NC(=O)C(c2nc3ccncc3[nH]2)C(C2CC2)C2CC2)cc1. The molecule has 0 aliphatic heterocycles. The van der Waals surface area contributed by atoms with Gasteiger partial charge in [0.05, 0.1) is 28.8 Å². The number of aromatic nitrogens is 5. The second-order valence-corrected chi connectivity index (χ2v) is 9.62. The van der Waals surface area contributed by atoms with Gasteiger partial charge < -0.3 is 10.3 Å². The van der Waals surface area contributed by atoms with Gasteiger partial charge in [-0.2, -0.15) is 5.10 Å². The number of nitrogens with zero attached hydrogens (tertiary/aromatic N) is 3. The monoisotopic (exact) mass is 440 g/mol. The van der Waals surface area contributed by atoms with Crippen molar-refractivity contribution in [2.75, 3.05) is 5.32 Å². The van der Waals surface area contributed by atoms with E-state index < -0.39 is 0 Å². The lowest BCUT2D eigenvalue weighted by Gasteiger charge is -2.25. The van der Waals surface area contributed by atoms with Crippen molar-refractivity contribution in [1.82, 2.24) is 25.1 Å². The summed E-state index contributed by atoms with van der Waals surface area (Å²) in [5.41, 5.74) is 6.76. The highest BCUT2D eigenvalue weighted by atomic mass is 16.2. The summed E-state index contributed by atoms with van der Waals surface area (Å²) in [5.74, 6) is 2.09. The van der Waals surface area contributed by atoms with Crippen LogP contribution >= 0.6 is 0 Å². The third-order valence-corrected chi connectivity index (χ3v) is 7.17. The molecule has 0 spiro atoms. The summed E-state index contributed by atoms with van der Waals surface area (Å²) in [6.45, 7) is 4.02. The van der Waals surface area contributed by atoms with E-state index >= 15 is 0 Å². The number of carbonyl (C=O) groups excluding carboxylic acids is 1. The van der Waals surface area contributed by atoms with E-state index in [1.807, 2.05) is 44.2 Å². The minimum atomic E-state index is -0.282. The fourth-order valence-corrected chi connectivity index (χ4v) is 5.31. The van der Waals surface area contributed by atoms with Gasteiger partial charge in [-0.05, 0) is 81.0 Å². The van der Waals surface area contributed by atoms with Gasteiger partial charge in [-0.3, -0.25) is 14.9 Å². The number of nitrogens with one attached hydrogen (secondary N) is 3. The second-order valence-electron chi connectivity index (χ2n) is 9.62. The molecule has 2 fully saturated rings. The Morgan fingerprint density at radius 1 is 1.06 bits per heavy atom. The Bertz CT molecular complexity index is 1250. The predicted octanol–water partition coefficient (Wildman–Crippen LogP) is 5.12. The molecule has 4 aromatic rings. The lowest BCUT2D eigenvalue weighted by Crippen LogP contribution is -2.31. The molecule has 1 amide bonds. The maximum Gasteiger partial charge on any atom is 0.235 e. The summed E-state index contributed by atoms with van der Waals surface area (Å²) >= 11 is 0. The highest BCUT2D eigenvalue weighted by Crippen LogP contribution is 2.54. The molecular formula is C26H28N6O. The normalized spacial score (nSPS) is 16.9. The first-order chi connectivity index (χ1) is 16.1. The van der Waals surface area contributed by atoms with Crippen LogP contribution in [0.25, 0.3) is 22.2 Å². The number of carbonyl (C=O) groups is 1. The Morgan fingerprint density at radius 2 is 1.79 bits per heavy atom. The molecule has 3 heterocycles. The van der Waals surface area contributed by atoms with Crippen LogP contribution in [0.15, 0.2) is 42.7 Å². The van der Waals surface area contributed by atoms with Crippen LogP contribution in [0.1, 0.15) is 48.8 Å². The summed E-state index contributed by atoms with van der Waals surface area (Å²) in [4.78, 5) is 26.1. The van der Waals surface area contributed by atoms with Crippen molar-refractivity contribution >= 4 is 22.6 Å². The molecule has 3 N–H and O–H groups in total. The van der Waals surface area contributed by atoms with Gasteiger partial charge in [-0.25, -0.2) is 4.98 Å². The molecule has 33 heavy (non-hydrogen) atoms. The molecule has 7 heteroatoms. The number of amides is 1. The van der Waals surface area contributed by atoms with Gasteiger partial charge in [0.2, 0.25) is 5.91 Å². The summed E-state index contributed by atoms with van der Waals surface area (Å²) in [6, 6.07) is 9.93. The topological polar surface area (TPSA) is 99.3 Å². The molecule has 0 bridgehead atoms. The van der Waals surface area contributed by atoms with Crippen molar-refractivity contribution in [3.8, 4) is 11.1 Å². The van der Waals surface area contributed by atoms with Gasteiger partial charge in [-0.15, -0.1) is 0 Å². The van der Waals surface area contributed by atoms with Crippen LogP contribution in [0, 0.1) is 31.6 Å². The smallest absolute Gasteiger partial charge is 0.235 e. The number of fused-ring (bicyclic) bond motifs is 1. The standard InChI is InChI=1S/C26H28N6O/c1-14-22(15(2)32-31-14)16-7-9-19(10-8-16)28-26(33)24(23(17-3-4-17)18-5-6-18)25-29-20-11-12-27-13-21(20)30-25/h7-13,17-18,23-24H,3-6H2,1-2H3,(H,28,33)(H,29,30)(H,31,32). The van der Waals surface area contributed by atoms with E-state index in [0.717, 1.165) is 45.1 Å². The zero-order chi connectivity index (χ0) is 22.5. The molecule has 0 saturated heterocycles. The zero-order valence-electron chi connectivity index (χ0n) is 18.9. The minimum Gasteiger partial charge on any atom is -0.340 e. The van der Waals surface area contributed by atoms with Crippen LogP contribution in [0.5, 0.6) is 0 Å². The van der Waals surface area contributed by atoms with Crippen LogP contribution in [-0.4, -0.2) is 31.1 Å². The molecule has 1 aromatic carbocycles. The third kappa shape index (κ3) is 3.81. The fraction of sp³-hybridized carbons (Fsp3) is 0.385. The first-order valence-corrected chi connectivity index (χ1v) is 11.8.